The number of nitrogens with one attached hydrogen (secondary N) is 2. The second-order valence-corrected chi connectivity index (χ2v) is 8.30. The quantitative estimate of drug-likeness (QED) is 0.588. The highest BCUT2D eigenvalue weighted by Gasteiger charge is 2.35. The minimum atomic E-state index is -0.586. The maximum Gasteiger partial charge on any atom is 0.322 e. The van der Waals surface area contributed by atoms with Crippen LogP contribution in [0.2, 0.25) is 5.02 Å². The molecule has 1 aliphatic heterocycles. The molecule has 0 bridgehead atoms. The van der Waals surface area contributed by atoms with Gasteiger partial charge in [0, 0.05) is 17.1 Å². The molecule has 2 N–H and O–H groups in total. The van der Waals surface area contributed by atoms with Gasteiger partial charge in [0.15, 0.2) is 0 Å². The summed E-state index contributed by atoms with van der Waals surface area (Å²) in [4.78, 5) is 27.2. The first-order valence-corrected chi connectivity index (χ1v) is 10.9. The fourth-order valence-corrected chi connectivity index (χ4v) is 4.27. The first kappa shape index (κ1) is 21.1. The van der Waals surface area contributed by atoms with Crippen LogP contribution in [0.3, 0.4) is 0 Å². The average Bonchev–Trinajstić information content (AvgIpc) is 3.44. The van der Waals surface area contributed by atoms with Crippen LogP contribution in [-0.2, 0) is 4.79 Å². The number of urea groups is 1. The Morgan fingerprint density at radius 1 is 1.13 bits per heavy atom. The van der Waals surface area contributed by atoms with Gasteiger partial charge in [0.05, 0.1) is 12.8 Å². The molecule has 10 heteroatoms. The third kappa shape index (κ3) is 4.78. The number of benzene rings is 2. The number of ether oxygens (including phenoxy) is 1. The largest absolute Gasteiger partial charge is 0.495 e. The SMILES string of the molecule is COc1ccccc1NC(=O)N1CCCC1C(=O)Nc1nnc(-c2ccc(Cl)cc2)s1. The molecule has 0 spiro atoms. The Hall–Kier alpha value is -3.17. The molecule has 0 aliphatic carbocycles. The molecule has 3 aromatic rings. The van der Waals surface area contributed by atoms with Crippen LogP contribution in [0.25, 0.3) is 10.6 Å². The van der Waals surface area contributed by atoms with Crippen molar-refractivity contribution in [2.45, 2.75) is 18.9 Å². The molecule has 1 fully saturated rings. The Labute approximate surface area is 188 Å². The molecule has 2 heterocycles. The molecule has 1 aromatic heterocycles. The van der Waals surface area contributed by atoms with Crippen LogP contribution in [0.15, 0.2) is 48.5 Å². The van der Waals surface area contributed by atoms with E-state index in [1.54, 1.807) is 30.3 Å². The highest BCUT2D eigenvalue weighted by Crippen LogP contribution is 2.29. The molecule has 8 nitrogen and oxygen atoms in total. The van der Waals surface area contributed by atoms with Crippen LogP contribution >= 0.6 is 22.9 Å². The van der Waals surface area contributed by atoms with Gasteiger partial charge in [-0.3, -0.25) is 10.1 Å². The van der Waals surface area contributed by atoms with Gasteiger partial charge >= 0.3 is 6.03 Å². The molecule has 0 radical (unpaired) electrons. The fraction of sp³-hybridized carbons (Fsp3) is 0.238. The van der Waals surface area contributed by atoms with Gasteiger partial charge in [0.1, 0.15) is 16.8 Å². The van der Waals surface area contributed by atoms with Crippen molar-refractivity contribution < 1.29 is 14.3 Å². The highest BCUT2D eigenvalue weighted by atomic mass is 35.5. The van der Waals surface area contributed by atoms with E-state index in [4.69, 9.17) is 16.3 Å². The van der Waals surface area contributed by atoms with E-state index in [1.165, 1.54) is 23.3 Å². The molecule has 4 rings (SSSR count). The van der Waals surface area contributed by atoms with Crippen LogP contribution in [0.4, 0.5) is 15.6 Å². The predicted octanol–water partition coefficient (Wildman–Crippen LogP) is 4.50. The van der Waals surface area contributed by atoms with Crippen LogP contribution < -0.4 is 15.4 Å². The number of hydrogen-bond donors (Lipinski definition) is 2. The summed E-state index contributed by atoms with van der Waals surface area (Å²) in [6.07, 6.45) is 1.32. The Morgan fingerprint density at radius 3 is 2.68 bits per heavy atom. The maximum absolute atomic E-state index is 12.9. The van der Waals surface area contributed by atoms with Crippen molar-refractivity contribution in [3.8, 4) is 16.3 Å². The number of carbonyl (C=O) groups excluding carboxylic acids is 2. The number of aromatic nitrogens is 2. The number of amides is 3. The molecule has 1 saturated heterocycles. The first-order valence-electron chi connectivity index (χ1n) is 9.66. The number of rotatable bonds is 5. The normalized spacial score (nSPS) is 15.5. The topological polar surface area (TPSA) is 96.5 Å². The second-order valence-electron chi connectivity index (χ2n) is 6.89. The second kappa shape index (κ2) is 9.32. The third-order valence-corrected chi connectivity index (χ3v) is 6.05. The summed E-state index contributed by atoms with van der Waals surface area (Å²) in [6.45, 7) is 0.491. The van der Waals surface area contributed by atoms with E-state index in [9.17, 15) is 9.59 Å². The average molecular weight is 458 g/mol. The monoisotopic (exact) mass is 457 g/mol. The van der Waals surface area contributed by atoms with Crippen molar-refractivity contribution in [2.75, 3.05) is 24.3 Å². The Morgan fingerprint density at radius 2 is 1.90 bits per heavy atom. The molecule has 160 valence electrons. The van der Waals surface area contributed by atoms with Gasteiger partial charge in [0.25, 0.3) is 0 Å². The lowest BCUT2D eigenvalue weighted by Gasteiger charge is -2.24. The molecule has 1 unspecified atom stereocenters. The summed E-state index contributed by atoms with van der Waals surface area (Å²) in [5, 5.41) is 15.5. The van der Waals surface area contributed by atoms with Crippen molar-refractivity contribution in [1.29, 1.82) is 0 Å². The third-order valence-electron chi connectivity index (χ3n) is 4.91. The lowest BCUT2D eigenvalue weighted by atomic mass is 10.2. The van der Waals surface area contributed by atoms with Gasteiger partial charge in [-0.25, -0.2) is 4.79 Å². The molecule has 3 amide bonds. The molecule has 2 aromatic carbocycles. The van der Waals surface area contributed by atoms with Crippen molar-refractivity contribution in [2.24, 2.45) is 0 Å². The minimum absolute atomic E-state index is 0.286. The van der Waals surface area contributed by atoms with Crippen molar-refractivity contribution in [1.82, 2.24) is 15.1 Å². The molecule has 1 aliphatic rings. The van der Waals surface area contributed by atoms with Gasteiger partial charge in [-0.2, -0.15) is 0 Å². The lowest BCUT2D eigenvalue weighted by Crippen LogP contribution is -2.45. The van der Waals surface area contributed by atoms with Crippen LogP contribution in [0, 0.1) is 0 Å². The Kier molecular flexibility index (Phi) is 6.34. The van der Waals surface area contributed by atoms with E-state index in [1.807, 2.05) is 18.2 Å². The number of carbonyl (C=O) groups is 2. The zero-order valence-electron chi connectivity index (χ0n) is 16.7. The molecule has 31 heavy (non-hydrogen) atoms. The number of nitrogens with zero attached hydrogens (tertiary/aromatic N) is 3. The van der Waals surface area contributed by atoms with Gasteiger partial charge in [-0.1, -0.05) is 47.2 Å². The summed E-state index contributed by atoms with van der Waals surface area (Å²) in [6, 6.07) is 13.4. The minimum Gasteiger partial charge on any atom is -0.495 e. The summed E-state index contributed by atoms with van der Waals surface area (Å²) in [5.41, 5.74) is 1.42. The maximum atomic E-state index is 12.9. The summed E-state index contributed by atoms with van der Waals surface area (Å²) in [5.74, 6) is 0.270. The van der Waals surface area contributed by atoms with Gasteiger partial charge in [-0.15, -0.1) is 10.2 Å². The first-order chi connectivity index (χ1) is 15.0. The van der Waals surface area contributed by atoms with E-state index in [-0.39, 0.29) is 11.9 Å². The van der Waals surface area contributed by atoms with Crippen molar-refractivity contribution >= 4 is 45.7 Å². The fourth-order valence-electron chi connectivity index (χ4n) is 3.39. The van der Waals surface area contributed by atoms with Crippen LogP contribution in [0.1, 0.15) is 12.8 Å². The van der Waals surface area contributed by atoms with Crippen LogP contribution in [-0.4, -0.2) is 46.7 Å². The number of halogens is 1. The van der Waals surface area contributed by atoms with E-state index < -0.39 is 6.04 Å². The number of likely N-dealkylation sites (tertiary alicyclic amines) is 1. The number of para-hydroxylation sites is 2. The highest BCUT2D eigenvalue weighted by molar-refractivity contribution is 7.18. The summed E-state index contributed by atoms with van der Waals surface area (Å²) < 4.78 is 5.27. The predicted molar refractivity (Wildman–Crippen MR) is 121 cm³/mol. The molecule has 0 saturated carbocycles. The summed E-state index contributed by atoms with van der Waals surface area (Å²) >= 11 is 7.18. The zero-order valence-corrected chi connectivity index (χ0v) is 18.2. The van der Waals surface area contributed by atoms with Gasteiger partial charge in [-0.05, 0) is 37.1 Å². The lowest BCUT2D eigenvalue weighted by molar-refractivity contribution is -0.119. The Bertz CT molecular complexity index is 1090. The van der Waals surface area contributed by atoms with E-state index in [0.29, 0.717) is 39.6 Å². The molecular weight excluding hydrogens is 438 g/mol. The van der Waals surface area contributed by atoms with Crippen LogP contribution in [0.5, 0.6) is 5.75 Å². The Balaban J connectivity index is 1.42. The number of anilines is 2. The van der Waals surface area contributed by atoms with Crippen molar-refractivity contribution in [3.63, 3.8) is 0 Å². The standard InChI is InChI=1S/C21H20ClN5O3S/c1-30-17-7-3-2-5-15(17)23-21(29)27-12-4-6-16(27)18(28)24-20-26-25-19(31-20)13-8-10-14(22)11-9-13/h2-3,5,7-11,16H,4,6,12H2,1H3,(H,23,29)(H,24,26,28). The summed E-state index contributed by atoms with van der Waals surface area (Å²) in [7, 11) is 1.54. The van der Waals surface area contributed by atoms with Crippen molar-refractivity contribution in [3.05, 3.63) is 53.6 Å². The van der Waals surface area contributed by atoms with E-state index >= 15 is 0 Å². The molecular formula is C21H20ClN5O3S. The zero-order chi connectivity index (χ0) is 21.8. The van der Waals surface area contributed by atoms with Gasteiger partial charge < -0.3 is 15.0 Å². The van der Waals surface area contributed by atoms with E-state index in [2.05, 4.69) is 20.8 Å². The number of hydrogen-bond acceptors (Lipinski definition) is 6. The van der Waals surface area contributed by atoms with E-state index in [0.717, 1.165) is 12.0 Å². The number of methoxy groups -OCH3 is 1. The van der Waals surface area contributed by atoms with Gasteiger partial charge in [0.2, 0.25) is 11.0 Å². The molecule has 1 atom stereocenters. The smallest absolute Gasteiger partial charge is 0.322 e.